The number of nitrogens with zero attached hydrogens (tertiary/aromatic N) is 5. The minimum absolute atomic E-state index is 0.0555. The number of methoxy groups -OCH3 is 1. The highest BCUT2D eigenvalue weighted by atomic mass is 35.5. The summed E-state index contributed by atoms with van der Waals surface area (Å²) in [6, 6.07) is 29.9. The lowest BCUT2D eigenvalue weighted by Gasteiger charge is -2.38. The molecule has 0 spiro atoms. The van der Waals surface area contributed by atoms with E-state index in [1.54, 1.807) is 26.2 Å². The van der Waals surface area contributed by atoms with E-state index in [2.05, 4.69) is 81.8 Å². The Morgan fingerprint density at radius 2 is 1.20 bits per heavy atom. The fourth-order valence-corrected chi connectivity index (χ4v) is 13.2. The molecule has 2 aliphatic heterocycles. The maximum absolute atomic E-state index is 14.8. The van der Waals surface area contributed by atoms with Gasteiger partial charge in [-0.2, -0.15) is 0 Å². The summed E-state index contributed by atoms with van der Waals surface area (Å²) in [5.74, 6) is -0.658. The molecule has 18 heteroatoms. The molecule has 87 heavy (non-hydrogen) atoms. The molecule has 2 aliphatic rings. The lowest BCUT2D eigenvalue weighted by atomic mass is 9.96. The molecule has 0 aliphatic carbocycles. The Hall–Kier alpha value is -7.05. The standard InChI is InChI=1S/C36H41ClN4O4S.C31H33ClN4O2S.C2H6/c1-7-23-10-9-11-24(8-2)32(23)41-31(16-21(3)4)27(34(42)40-19-29(36(44)45-6)38-18-22(40)5)17-28(35(41)43)33-39-30(20-46-33)25-12-14-26(37)15-13-25;1-4-20-8-6-9-21(5-2)28(20)36-19(3)25(29(37)34-24-10-7-15-33-17-24)16-26(31(36)38)30-35-27(18-39-30)22-11-13-23(32)14-12-22;1-2/h9-15,17,20-22,29,38H,7-8,16,18-19H2,1-6H3;6,8-9,11-14,16,18,24,33H,4-5,7,10,15,17H2,1-3H3,(H,34,37);1-2H3. The second-order valence-electron chi connectivity index (χ2n) is 22.0. The lowest BCUT2D eigenvalue weighted by Crippen LogP contribution is -2.60. The number of aryl methyl sites for hydroxylation is 4. The SMILES string of the molecule is CC.CCc1cccc(CC)c1-n1c(C)c(C(=O)NC2CCCNC2)cc(-c2nc(-c3ccc(Cl)cc3)cs2)c1=O.CCc1cccc(CC)c1-n1c(CC(C)C)c(C(=O)N2CC(C(=O)OC)NCC2C)cc(-c2nc(-c3ccc(Cl)cc3)cs2)c1=O. The fourth-order valence-electron chi connectivity index (χ4n) is 11.3. The van der Waals surface area contributed by atoms with E-state index in [9.17, 15) is 24.0 Å². The van der Waals surface area contributed by atoms with Crippen LogP contribution in [0, 0.1) is 12.8 Å². The number of rotatable bonds is 16. The van der Waals surface area contributed by atoms with E-state index in [1.165, 1.54) is 29.8 Å². The summed E-state index contributed by atoms with van der Waals surface area (Å²) in [6.45, 7) is 22.6. The summed E-state index contributed by atoms with van der Waals surface area (Å²) in [5.41, 5.74) is 11.8. The van der Waals surface area contributed by atoms with Crippen LogP contribution in [-0.4, -0.2) is 93.2 Å². The maximum atomic E-state index is 14.8. The van der Waals surface area contributed by atoms with Gasteiger partial charge in [-0.15, -0.1) is 22.7 Å². The molecule has 458 valence electrons. The van der Waals surface area contributed by atoms with E-state index in [1.807, 2.05) is 99.1 Å². The van der Waals surface area contributed by atoms with Gasteiger partial charge in [0, 0.05) is 75.0 Å². The van der Waals surface area contributed by atoms with Crippen LogP contribution in [0.15, 0.2) is 117 Å². The predicted molar refractivity (Wildman–Crippen MR) is 357 cm³/mol. The van der Waals surface area contributed by atoms with Crippen molar-refractivity contribution >= 4 is 63.7 Å². The van der Waals surface area contributed by atoms with Gasteiger partial charge >= 0.3 is 5.97 Å². The van der Waals surface area contributed by atoms with Crippen molar-refractivity contribution in [2.75, 3.05) is 33.3 Å². The lowest BCUT2D eigenvalue weighted by molar-refractivity contribution is -0.144. The van der Waals surface area contributed by atoms with Crippen LogP contribution < -0.4 is 27.1 Å². The number of carbonyl (C=O) groups excluding carboxylic acids is 3. The molecular formula is C69H80Cl2N8O6S2. The van der Waals surface area contributed by atoms with Crippen LogP contribution in [0.5, 0.6) is 0 Å². The minimum Gasteiger partial charge on any atom is -0.468 e. The van der Waals surface area contributed by atoms with Crippen LogP contribution in [0.25, 0.3) is 55.0 Å². The van der Waals surface area contributed by atoms with Gasteiger partial charge in [-0.25, -0.2) is 9.97 Å². The number of nitrogens with one attached hydrogen (secondary N) is 3. The zero-order valence-corrected chi connectivity index (χ0v) is 54.9. The number of thiazole rings is 2. The number of hydrogen-bond donors (Lipinski definition) is 3. The van der Waals surface area contributed by atoms with Gasteiger partial charge in [0.25, 0.3) is 22.9 Å². The topological polar surface area (TPSA) is 170 Å². The molecule has 8 aromatic rings. The Morgan fingerprint density at radius 1 is 0.713 bits per heavy atom. The number of hydrogen-bond acceptors (Lipinski definition) is 12. The number of ether oxygens (including phenoxy) is 1. The first-order valence-electron chi connectivity index (χ1n) is 30.3. The number of aromatic nitrogens is 4. The molecule has 6 heterocycles. The summed E-state index contributed by atoms with van der Waals surface area (Å²) in [6.07, 6.45) is 5.44. The van der Waals surface area contributed by atoms with Crippen LogP contribution in [-0.2, 0) is 41.6 Å². The Kier molecular flexibility index (Phi) is 22.9. The number of pyridine rings is 2. The quantitative estimate of drug-likeness (QED) is 0.0792. The van der Waals surface area contributed by atoms with Crippen molar-refractivity contribution in [1.82, 2.24) is 40.0 Å². The molecular weight excluding hydrogens is 1170 g/mol. The number of benzene rings is 4. The van der Waals surface area contributed by atoms with E-state index < -0.39 is 12.0 Å². The van der Waals surface area contributed by atoms with Crippen molar-refractivity contribution in [3.8, 4) is 55.0 Å². The number of carbonyl (C=O) groups is 3. The molecule has 2 fully saturated rings. The maximum Gasteiger partial charge on any atom is 0.324 e. The van der Waals surface area contributed by atoms with Crippen molar-refractivity contribution in [1.29, 1.82) is 0 Å². The molecule has 4 aromatic carbocycles. The van der Waals surface area contributed by atoms with Gasteiger partial charge in [0.2, 0.25) is 0 Å². The Morgan fingerprint density at radius 3 is 1.66 bits per heavy atom. The van der Waals surface area contributed by atoms with E-state index >= 15 is 0 Å². The fraction of sp³-hybridized carbons (Fsp3) is 0.377. The highest BCUT2D eigenvalue weighted by Gasteiger charge is 2.36. The van der Waals surface area contributed by atoms with Crippen LogP contribution in [0.2, 0.25) is 10.0 Å². The van der Waals surface area contributed by atoms with Crippen molar-refractivity contribution in [3.63, 3.8) is 0 Å². The largest absolute Gasteiger partial charge is 0.468 e. The van der Waals surface area contributed by atoms with Gasteiger partial charge in [-0.1, -0.05) is 139 Å². The second kappa shape index (κ2) is 30.2. The molecule has 0 saturated carbocycles. The third kappa shape index (κ3) is 14.8. The average Bonchev–Trinajstić information content (AvgIpc) is 2.95. The predicted octanol–water partition coefficient (Wildman–Crippen LogP) is 13.8. The zero-order chi connectivity index (χ0) is 62.6. The van der Waals surface area contributed by atoms with Gasteiger partial charge in [-0.05, 0) is 130 Å². The molecule has 2 saturated heterocycles. The Balaban J connectivity index is 0.000000222. The van der Waals surface area contributed by atoms with E-state index in [0.29, 0.717) is 66.7 Å². The first kappa shape index (κ1) is 65.9. The van der Waals surface area contributed by atoms with Crippen LogP contribution in [0.3, 0.4) is 0 Å². The normalized spacial score (nSPS) is 15.7. The number of esters is 1. The smallest absolute Gasteiger partial charge is 0.324 e. The Labute approximate surface area is 529 Å². The highest BCUT2D eigenvalue weighted by Crippen LogP contribution is 2.35. The number of halogens is 2. The third-order valence-electron chi connectivity index (χ3n) is 15.9. The van der Waals surface area contributed by atoms with Crippen LogP contribution >= 0.6 is 45.9 Å². The molecule has 0 bridgehead atoms. The summed E-state index contributed by atoms with van der Waals surface area (Å²) in [4.78, 5) is 81.4. The van der Waals surface area contributed by atoms with Gasteiger partial charge in [0.15, 0.2) is 0 Å². The molecule has 3 atom stereocenters. The molecule has 2 amide bonds. The van der Waals surface area contributed by atoms with Crippen molar-refractivity contribution < 1.29 is 19.1 Å². The van der Waals surface area contributed by atoms with E-state index in [4.69, 9.17) is 37.9 Å². The Bertz CT molecular complexity index is 3800. The van der Waals surface area contributed by atoms with Gasteiger partial charge in [0.05, 0.1) is 52.1 Å². The molecule has 3 N–H and O–H groups in total. The van der Waals surface area contributed by atoms with Gasteiger partial charge < -0.3 is 25.6 Å². The zero-order valence-electron chi connectivity index (χ0n) is 51.7. The molecule has 14 nitrogen and oxygen atoms in total. The van der Waals surface area contributed by atoms with Crippen molar-refractivity contribution in [2.45, 2.75) is 132 Å². The molecule has 4 aromatic heterocycles. The molecule has 10 rings (SSSR count). The molecule has 3 unspecified atom stereocenters. The van der Waals surface area contributed by atoms with Gasteiger partial charge in [-0.3, -0.25) is 33.1 Å². The summed E-state index contributed by atoms with van der Waals surface area (Å²) in [5, 5.41) is 16.0. The van der Waals surface area contributed by atoms with Crippen molar-refractivity contribution in [2.24, 2.45) is 5.92 Å². The molecule has 0 radical (unpaired) electrons. The van der Waals surface area contributed by atoms with Crippen LogP contribution in [0.4, 0.5) is 0 Å². The monoisotopic (exact) mass is 1250 g/mol. The van der Waals surface area contributed by atoms with E-state index in [-0.39, 0.29) is 47.5 Å². The summed E-state index contributed by atoms with van der Waals surface area (Å²) in [7, 11) is 1.35. The number of para-hydroxylation sites is 2. The van der Waals surface area contributed by atoms with E-state index in [0.717, 1.165) is 108 Å². The van der Waals surface area contributed by atoms with Gasteiger partial charge in [0.1, 0.15) is 16.1 Å². The third-order valence-corrected chi connectivity index (χ3v) is 18.2. The second-order valence-corrected chi connectivity index (χ2v) is 24.6. The first-order valence-corrected chi connectivity index (χ1v) is 32.8. The summed E-state index contributed by atoms with van der Waals surface area (Å²) >= 11 is 15.0. The minimum atomic E-state index is -0.641. The average molecular weight is 1250 g/mol. The number of piperazine rings is 1. The van der Waals surface area contributed by atoms with Crippen molar-refractivity contribution in [3.05, 3.63) is 183 Å². The first-order chi connectivity index (χ1) is 42.0. The highest BCUT2D eigenvalue weighted by molar-refractivity contribution is 7.13. The summed E-state index contributed by atoms with van der Waals surface area (Å²) < 4.78 is 8.53. The number of piperidine rings is 1. The number of amides is 2. The van der Waals surface area contributed by atoms with Crippen LogP contribution in [0.1, 0.15) is 130 Å².